The van der Waals surface area contributed by atoms with Gasteiger partial charge in [-0.25, -0.2) is 14.6 Å². The van der Waals surface area contributed by atoms with Crippen molar-refractivity contribution in [3.63, 3.8) is 0 Å². The third-order valence-electron chi connectivity index (χ3n) is 7.86. The predicted octanol–water partition coefficient (Wildman–Crippen LogP) is 4.31. The van der Waals surface area contributed by atoms with Gasteiger partial charge in [-0.2, -0.15) is 5.10 Å². The summed E-state index contributed by atoms with van der Waals surface area (Å²) >= 11 is 0. The van der Waals surface area contributed by atoms with E-state index in [1.165, 1.54) is 32.4 Å². The summed E-state index contributed by atoms with van der Waals surface area (Å²) in [6, 6.07) is 10.3. The van der Waals surface area contributed by atoms with E-state index >= 15 is 0 Å². The van der Waals surface area contributed by atoms with E-state index < -0.39 is 0 Å². The molecule has 1 amide bonds. The average Bonchev–Trinajstić information content (AvgIpc) is 3.70. The Labute approximate surface area is 212 Å². The number of hydrogen-bond acceptors (Lipinski definition) is 6. The Morgan fingerprint density at radius 3 is 2.56 bits per heavy atom. The summed E-state index contributed by atoms with van der Waals surface area (Å²) in [6.07, 6.45) is 11.7. The molecule has 3 fully saturated rings. The number of benzene rings is 1. The van der Waals surface area contributed by atoms with Crippen LogP contribution in [0.2, 0.25) is 0 Å². The second-order valence-electron chi connectivity index (χ2n) is 10.2. The molecule has 4 heterocycles. The normalized spacial score (nSPS) is 19.4. The van der Waals surface area contributed by atoms with Crippen LogP contribution in [0.3, 0.4) is 0 Å². The lowest BCUT2D eigenvalue weighted by Gasteiger charge is -2.40. The Bertz CT molecular complexity index is 1220. The van der Waals surface area contributed by atoms with Gasteiger partial charge in [0.1, 0.15) is 5.75 Å². The molecular formula is C28H34N6O2. The average molecular weight is 487 g/mol. The van der Waals surface area contributed by atoms with Crippen molar-refractivity contribution in [3.05, 3.63) is 54.0 Å². The monoisotopic (exact) mass is 486 g/mol. The highest BCUT2D eigenvalue weighted by Crippen LogP contribution is 2.42. The van der Waals surface area contributed by atoms with Gasteiger partial charge in [0.15, 0.2) is 0 Å². The first-order valence-corrected chi connectivity index (χ1v) is 13.3. The van der Waals surface area contributed by atoms with Crippen LogP contribution < -0.4 is 4.74 Å². The van der Waals surface area contributed by atoms with Crippen LogP contribution in [-0.2, 0) is 0 Å². The molecule has 2 saturated heterocycles. The molecule has 1 aromatic carbocycles. The highest BCUT2D eigenvalue weighted by molar-refractivity contribution is 5.95. The van der Waals surface area contributed by atoms with Crippen LogP contribution in [0, 0.1) is 0 Å². The van der Waals surface area contributed by atoms with Crippen molar-refractivity contribution in [1.29, 1.82) is 0 Å². The van der Waals surface area contributed by atoms with Gasteiger partial charge in [-0.3, -0.25) is 4.79 Å². The van der Waals surface area contributed by atoms with E-state index in [-0.39, 0.29) is 5.91 Å². The smallest absolute Gasteiger partial charge is 0.257 e. The van der Waals surface area contributed by atoms with Gasteiger partial charge in [0.25, 0.3) is 11.9 Å². The summed E-state index contributed by atoms with van der Waals surface area (Å²) in [5, 5.41) is 4.63. The van der Waals surface area contributed by atoms with Crippen molar-refractivity contribution < 1.29 is 9.53 Å². The largest absolute Gasteiger partial charge is 0.497 e. The third kappa shape index (κ3) is 4.62. The van der Waals surface area contributed by atoms with E-state index in [9.17, 15) is 4.79 Å². The zero-order valence-electron chi connectivity index (χ0n) is 21.0. The van der Waals surface area contributed by atoms with Gasteiger partial charge in [-0.1, -0.05) is 18.6 Å². The second-order valence-corrected chi connectivity index (χ2v) is 10.2. The van der Waals surface area contributed by atoms with E-state index in [4.69, 9.17) is 9.72 Å². The van der Waals surface area contributed by atoms with Crippen LogP contribution in [0.15, 0.2) is 42.7 Å². The van der Waals surface area contributed by atoms with Gasteiger partial charge < -0.3 is 14.5 Å². The summed E-state index contributed by atoms with van der Waals surface area (Å²) in [6.45, 7) is 4.06. The van der Waals surface area contributed by atoms with Gasteiger partial charge in [0, 0.05) is 36.8 Å². The molecule has 2 aliphatic heterocycles. The fourth-order valence-electron chi connectivity index (χ4n) is 5.71. The van der Waals surface area contributed by atoms with Gasteiger partial charge >= 0.3 is 0 Å². The van der Waals surface area contributed by atoms with Crippen molar-refractivity contribution in [2.24, 2.45) is 0 Å². The summed E-state index contributed by atoms with van der Waals surface area (Å²) in [5.41, 5.74) is 3.42. The number of rotatable bonds is 6. The molecule has 8 nitrogen and oxygen atoms in total. The molecular weight excluding hydrogens is 452 g/mol. The maximum atomic E-state index is 13.6. The lowest BCUT2D eigenvalue weighted by Crippen LogP contribution is -2.48. The fourth-order valence-corrected chi connectivity index (χ4v) is 5.71. The number of likely N-dealkylation sites (tertiary alicyclic amines) is 2. The zero-order chi connectivity index (χ0) is 24.5. The molecule has 0 bridgehead atoms. The summed E-state index contributed by atoms with van der Waals surface area (Å²) in [4.78, 5) is 27.6. The number of carbonyl (C=O) groups excluding carboxylic acids is 1. The van der Waals surface area contributed by atoms with Crippen LogP contribution >= 0.6 is 0 Å². The minimum absolute atomic E-state index is 0.101. The number of nitrogens with zero attached hydrogens (tertiary/aromatic N) is 6. The number of piperidine rings is 2. The molecule has 1 saturated carbocycles. The van der Waals surface area contributed by atoms with E-state index in [1.54, 1.807) is 24.2 Å². The van der Waals surface area contributed by atoms with Crippen LogP contribution in [0.4, 0.5) is 0 Å². The lowest BCUT2D eigenvalue weighted by atomic mass is 9.99. The number of aromatic nitrogens is 4. The van der Waals surface area contributed by atoms with E-state index in [1.807, 2.05) is 35.2 Å². The molecule has 36 heavy (non-hydrogen) atoms. The minimum Gasteiger partial charge on any atom is -0.497 e. The molecule has 0 atom stereocenters. The molecule has 0 radical (unpaired) electrons. The number of ether oxygens (including phenoxy) is 1. The van der Waals surface area contributed by atoms with Crippen molar-refractivity contribution in [3.8, 4) is 23.0 Å². The standard InChI is InChI=1S/C28H34N6O2/c1-36-23-7-5-6-21(18-23)25-10-13-29-28(31-25)34-26(20-8-9-20)24(19-30-34)27(35)33-16-11-22(12-17-33)32-14-3-2-4-15-32/h5-7,10,13,18-20,22H,2-4,8-9,11-12,14-17H2,1H3. The van der Waals surface area contributed by atoms with Crippen LogP contribution in [-0.4, -0.2) is 74.8 Å². The van der Waals surface area contributed by atoms with E-state index in [0.29, 0.717) is 23.5 Å². The Hall–Kier alpha value is -3.26. The Kier molecular flexibility index (Phi) is 6.44. The fraction of sp³-hybridized carbons (Fsp3) is 0.500. The Morgan fingerprint density at radius 2 is 1.81 bits per heavy atom. The van der Waals surface area contributed by atoms with Crippen LogP contribution in [0.25, 0.3) is 17.2 Å². The second kappa shape index (κ2) is 10.0. The molecule has 0 spiro atoms. The maximum absolute atomic E-state index is 13.6. The maximum Gasteiger partial charge on any atom is 0.257 e. The van der Waals surface area contributed by atoms with Crippen molar-refractivity contribution in [1.82, 2.24) is 29.5 Å². The highest BCUT2D eigenvalue weighted by atomic mass is 16.5. The summed E-state index contributed by atoms with van der Waals surface area (Å²) in [5.74, 6) is 1.72. The van der Waals surface area contributed by atoms with Crippen molar-refractivity contribution in [2.75, 3.05) is 33.3 Å². The number of carbonyl (C=O) groups is 1. The third-order valence-corrected chi connectivity index (χ3v) is 7.86. The van der Waals surface area contributed by atoms with E-state index in [2.05, 4.69) is 15.0 Å². The van der Waals surface area contributed by atoms with Gasteiger partial charge in [-0.05, 0) is 69.8 Å². The molecule has 8 heteroatoms. The first kappa shape index (κ1) is 23.2. The zero-order valence-corrected chi connectivity index (χ0v) is 21.0. The van der Waals surface area contributed by atoms with Crippen LogP contribution in [0.1, 0.15) is 66.9 Å². The quantitative estimate of drug-likeness (QED) is 0.517. The first-order chi connectivity index (χ1) is 17.7. The van der Waals surface area contributed by atoms with Gasteiger partial charge in [0.2, 0.25) is 0 Å². The number of methoxy groups -OCH3 is 1. The number of amides is 1. The molecule has 3 aromatic rings. The SMILES string of the molecule is COc1cccc(-c2ccnc(-n3ncc(C(=O)N4CCC(N5CCCCC5)CC4)c3C3CC3)n2)c1. The summed E-state index contributed by atoms with van der Waals surface area (Å²) in [7, 11) is 1.66. The van der Waals surface area contributed by atoms with Crippen molar-refractivity contribution in [2.45, 2.75) is 56.9 Å². The van der Waals surface area contributed by atoms with Crippen LogP contribution in [0.5, 0.6) is 5.75 Å². The number of hydrogen-bond donors (Lipinski definition) is 0. The highest BCUT2D eigenvalue weighted by Gasteiger charge is 2.36. The van der Waals surface area contributed by atoms with Gasteiger partial charge in [-0.15, -0.1) is 0 Å². The molecule has 188 valence electrons. The van der Waals surface area contributed by atoms with Gasteiger partial charge in [0.05, 0.1) is 30.3 Å². The molecule has 1 aliphatic carbocycles. The molecule has 0 N–H and O–H groups in total. The topological polar surface area (TPSA) is 76.4 Å². The molecule has 6 rings (SSSR count). The molecule has 3 aliphatic rings. The lowest BCUT2D eigenvalue weighted by molar-refractivity contribution is 0.0589. The Morgan fingerprint density at radius 1 is 1.00 bits per heavy atom. The van der Waals surface area contributed by atoms with E-state index in [0.717, 1.165) is 61.5 Å². The summed E-state index contributed by atoms with van der Waals surface area (Å²) < 4.78 is 7.16. The Balaban J connectivity index is 1.23. The first-order valence-electron chi connectivity index (χ1n) is 13.3. The van der Waals surface area contributed by atoms with Crippen molar-refractivity contribution >= 4 is 5.91 Å². The molecule has 0 unspecified atom stereocenters. The minimum atomic E-state index is 0.101. The molecule has 2 aromatic heterocycles. The predicted molar refractivity (Wildman–Crippen MR) is 137 cm³/mol.